The molecule has 3 amide bonds. The van der Waals surface area contributed by atoms with Crippen LogP contribution >= 0.6 is 0 Å². The summed E-state index contributed by atoms with van der Waals surface area (Å²) in [4.78, 5) is 39.9. The van der Waals surface area contributed by atoms with E-state index in [9.17, 15) is 14.4 Å². The zero-order valence-electron chi connectivity index (χ0n) is 16.4. The Labute approximate surface area is 170 Å². The molecule has 2 saturated heterocycles. The van der Waals surface area contributed by atoms with Crippen LogP contribution in [0.15, 0.2) is 48.5 Å². The monoisotopic (exact) mass is 391 g/mol. The van der Waals surface area contributed by atoms with E-state index in [1.807, 2.05) is 36.4 Å². The molecule has 29 heavy (non-hydrogen) atoms. The number of benzene rings is 2. The van der Waals surface area contributed by atoms with E-state index in [0.717, 1.165) is 49.3 Å². The summed E-state index contributed by atoms with van der Waals surface area (Å²) in [6, 6.07) is 14.9. The smallest absolute Gasteiger partial charge is 0.251 e. The normalized spacial score (nSPS) is 17.0. The molecule has 6 nitrogen and oxygen atoms in total. The third-order valence-electron chi connectivity index (χ3n) is 5.54. The van der Waals surface area contributed by atoms with Crippen LogP contribution in [0.4, 0.5) is 11.4 Å². The second kappa shape index (κ2) is 8.47. The molecule has 2 aliphatic heterocycles. The highest BCUT2D eigenvalue weighted by atomic mass is 16.2. The van der Waals surface area contributed by atoms with Gasteiger partial charge in [-0.05, 0) is 61.2 Å². The number of rotatable bonds is 5. The highest BCUT2D eigenvalue weighted by Crippen LogP contribution is 2.22. The van der Waals surface area contributed by atoms with Crippen LogP contribution in [-0.4, -0.2) is 30.8 Å². The largest absolute Gasteiger partial charge is 0.348 e. The number of piperidine rings is 1. The van der Waals surface area contributed by atoms with Gasteiger partial charge in [-0.3, -0.25) is 14.4 Å². The van der Waals surface area contributed by atoms with E-state index in [-0.39, 0.29) is 17.7 Å². The van der Waals surface area contributed by atoms with Gasteiger partial charge in [0.1, 0.15) is 0 Å². The fourth-order valence-corrected chi connectivity index (χ4v) is 3.87. The first-order valence-corrected chi connectivity index (χ1v) is 10.2. The molecular formula is C23H25N3O3. The number of nitrogens with one attached hydrogen (secondary N) is 1. The van der Waals surface area contributed by atoms with Gasteiger partial charge in [-0.25, -0.2) is 0 Å². The second-order valence-electron chi connectivity index (χ2n) is 7.55. The Kier molecular flexibility index (Phi) is 5.60. The maximum atomic E-state index is 12.4. The van der Waals surface area contributed by atoms with Gasteiger partial charge >= 0.3 is 0 Å². The van der Waals surface area contributed by atoms with Gasteiger partial charge in [-0.1, -0.05) is 12.1 Å². The summed E-state index contributed by atoms with van der Waals surface area (Å²) in [5, 5.41) is 2.92. The van der Waals surface area contributed by atoms with Crippen molar-refractivity contribution in [1.29, 1.82) is 0 Å². The molecule has 0 saturated carbocycles. The van der Waals surface area contributed by atoms with Gasteiger partial charge in [0.2, 0.25) is 11.8 Å². The second-order valence-corrected chi connectivity index (χ2v) is 7.55. The lowest BCUT2D eigenvalue weighted by Gasteiger charge is -2.26. The van der Waals surface area contributed by atoms with Gasteiger partial charge in [0, 0.05) is 49.4 Å². The van der Waals surface area contributed by atoms with Crippen LogP contribution in [0.3, 0.4) is 0 Å². The standard InChI is InChI=1S/C23H25N3O3/c27-21-4-1-2-14-25(21)20-12-8-18(9-13-20)23(29)24-16-17-6-10-19(11-7-17)26-15-3-5-22(26)28/h6-13H,1-5,14-16H2,(H,24,29). The molecule has 2 heterocycles. The first kappa shape index (κ1) is 19.2. The summed E-state index contributed by atoms with van der Waals surface area (Å²) >= 11 is 0. The van der Waals surface area contributed by atoms with Gasteiger partial charge in [-0.2, -0.15) is 0 Å². The zero-order chi connectivity index (χ0) is 20.2. The zero-order valence-corrected chi connectivity index (χ0v) is 16.4. The van der Waals surface area contributed by atoms with Crippen molar-refractivity contribution < 1.29 is 14.4 Å². The van der Waals surface area contributed by atoms with Gasteiger partial charge < -0.3 is 15.1 Å². The average molecular weight is 391 g/mol. The summed E-state index contributed by atoms with van der Waals surface area (Å²) in [7, 11) is 0. The Morgan fingerprint density at radius 1 is 0.759 bits per heavy atom. The van der Waals surface area contributed by atoms with E-state index >= 15 is 0 Å². The highest BCUT2D eigenvalue weighted by molar-refractivity contribution is 5.97. The van der Waals surface area contributed by atoms with Gasteiger partial charge in [-0.15, -0.1) is 0 Å². The van der Waals surface area contributed by atoms with Crippen LogP contribution in [0.1, 0.15) is 48.0 Å². The molecule has 2 aromatic rings. The van der Waals surface area contributed by atoms with Crippen molar-refractivity contribution >= 4 is 29.1 Å². The summed E-state index contributed by atoms with van der Waals surface area (Å²) in [6.07, 6.45) is 4.07. The van der Waals surface area contributed by atoms with E-state index in [1.165, 1.54) is 0 Å². The van der Waals surface area contributed by atoms with Crippen LogP contribution in [0.25, 0.3) is 0 Å². The van der Waals surface area contributed by atoms with Crippen LogP contribution in [0, 0.1) is 0 Å². The average Bonchev–Trinajstić information content (AvgIpc) is 3.19. The van der Waals surface area contributed by atoms with Crippen molar-refractivity contribution in [2.45, 2.75) is 38.6 Å². The van der Waals surface area contributed by atoms with Gasteiger partial charge in [0.25, 0.3) is 5.91 Å². The molecule has 0 aliphatic carbocycles. The Bertz CT molecular complexity index is 906. The Morgan fingerprint density at radius 3 is 1.90 bits per heavy atom. The summed E-state index contributed by atoms with van der Waals surface area (Å²) in [5.41, 5.74) is 3.30. The van der Waals surface area contributed by atoms with Crippen LogP contribution in [0.5, 0.6) is 0 Å². The summed E-state index contributed by atoms with van der Waals surface area (Å²) in [5.74, 6) is 0.161. The molecule has 0 spiro atoms. The third kappa shape index (κ3) is 4.31. The van der Waals surface area contributed by atoms with Crippen molar-refractivity contribution in [3.63, 3.8) is 0 Å². The number of carbonyl (C=O) groups excluding carboxylic acids is 3. The predicted molar refractivity (Wildman–Crippen MR) is 112 cm³/mol. The molecule has 2 aromatic carbocycles. The van der Waals surface area contributed by atoms with Crippen molar-refractivity contribution in [3.05, 3.63) is 59.7 Å². The molecule has 0 radical (unpaired) electrons. The summed E-state index contributed by atoms with van der Waals surface area (Å²) < 4.78 is 0. The van der Waals surface area contributed by atoms with Crippen molar-refractivity contribution in [2.75, 3.05) is 22.9 Å². The summed E-state index contributed by atoms with van der Waals surface area (Å²) in [6.45, 7) is 1.93. The highest BCUT2D eigenvalue weighted by Gasteiger charge is 2.21. The molecule has 0 bridgehead atoms. The maximum absolute atomic E-state index is 12.4. The Hall–Kier alpha value is -3.15. The lowest BCUT2D eigenvalue weighted by molar-refractivity contribution is -0.119. The van der Waals surface area contributed by atoms with Crippen LogP contribution < -0.4 is 15.1 Å². The molecule has 1 N–H and O–H groups in total. The molecule has 0 aromatic heterocycles. The van der Waals surface area contributed by atoms with Crippen molar-refractivity contribution in [1.82, 2.24) is 5.32 Å². The molecule has 150 valence electrons. The lowest BCUT2D eigenvalue weighted by Crippen LogP contribution is -2.35. The fraction of sp³-hybridized carbons (Fsp3) is 0.348. The van der Waals surface area contributed by atoms with Crippen molar-refractivity contribution in [3.8, 4) is 0 Å². The Balaban J connectivity index is 1.33. The van der Waals surface area contributed by atoms with Crippen LogP contribution in [-0.2, 0) is 16.1 Å². The SMILES string of the molecule is O=C(NCc1ccc(N2CCCC2=O)cc1)c1ccc(N2CCCCC2=O)cc1. The van der Waals surface area contributed by atoms with Gasteiger partial charge in [0.15, 0.2) is 0 Å². The first-order valence-electron chi connectivity index (χ1n) is 10.2. The minimum Gasteiger partial charge on any atom is -0.348 e. The Morgan fingerprint density at radius 2 is 1.31 bits per heavy atom. The number of amides is 3. The molecule has 4 rings (SSSR count). The predicted octanol–water partition coefficient (Wildman–Crippen LogP) is 3.26. The minimum absolute atomic E-state index is 0.146. The van der Waals surface area contributed by atoms with Crippen molar-refractivity contribution in [2.24, 2.45) is 0 Å². The maximum Gasteiger partial charge on any atom is 0.251 e. The quantitative estimate of drug-likeness (QED) is 0.851. The molecule has 0 atom stereocenters. The topological polar surface area (TPSA) is 69.7 Å². The van der Waals surface area contributed by atoms with Gasteiger partial charge in [0.05, 0.1) is 0 Å². The number of anilines is 2. The van der Waals surface area contributed by atoms with Crippen LogP contribution in [0.2, 0.25) is 0 Å². The number of carbonyl (C=O) groups is 3. The fourth-order valence-electron chi connectivity index (χ4n) is 3.87. The van der Waals surface area contributed by atoms with E-state index in [2.05, 4.69) is 5.32 Å². The molecular weight excluding hydrogens is 366 g/mol. The number of hydrogen-bond donors (Lipinski definition) is 1. The van der Waals surface area contributed by atoms with E-state index < -0.39 is 0 Å². The number of hydrogen-bond acceptors (Lipinski definition) is 3. The molecule has 2 fully saturated rings. The molecule has 0 unspecified atom stereocenters. The molecule has 2 aliphatic rings. The van der Waals surface area contributed by atoms with E-state index in [4.69, 9.17) is 0 Å². The first-order chi connectivity index (χ1) is 14.1. The van der Waals surface area contributed by atoms with E-state index in [0.29, 0.717) is 24.9 Å². The molecule has 6 heteroatoms. The number of nitrogens with zero attached hydrogens (tertiary/aromatic N) is 2. The van der Waals surface area contributed by atoms with E-state index in [1.54, 1.807) is 21.9 Å². The lowest BCUT2D eigenvalue weighted by atomic mass is 10.1. The third-order valence-corrected chi connectivity index (χ3v) is 5.54. The minimum atomic E-state index is -0.152.